The Morgan fingerprint density at radius 1 is 0.423 bits per heavy atom. The fourth-order valence-corrected chi connectivity index (χ4v) is 8.91. The van der Waals surface area contributed by atoms with Gasteiger partial charge < -0.3 is 122 Å². The Bertz CT molecular complexity index is 2920. The lowest BCUT2D eigenvalue weighted by molar-refractivity contribution is -0.130. The number of methoxy groups -OCH3 is 2. The van der Waals surface area contributed by atoms with Crippen LogP contribution in [0.2, 0.25) is 0 Å². The summed E-state index contributed by atoms with van der Waals surface area (Å²) in [4.78, 5) is 143. The highest BCUT2D eigenvalue weighted by Crippen LogP contribution is 2.13. The number of rotatable bonds is 69. The van der Waals surface area contributed by atoms with E-state index in [1.807, 2.05) is 0 Å². The number of phenols is 2. The van der Waals surface area contributed by atoms with Gasteiger partial charge in [0.2, 0.25) is 35.4 Å². The van der Waals surface area contributed by atoms with Crippen LogP contribution in [0, 0.1) is 0 Å². The molecule has 0 aliphatic heterocycles. The number of Topliss-reactive ketones (excluding diaryl/α,β-unsaturated/α-hetero) is 6. The minimum absolute atomic E-state index is 0.00880. The van der Waals surface area contributed by atoms with Crippen molar-refractivity contribution in [2.45, 2.75) is 121 Å². The smallest absolute Gasteiger partial charge is 0.246 e. The number of nitrogens with one attached hydrogen (secondary N) is 8. The van der Waals surface area contributed by atoms with Crippen molar-refractivity contribution in [2.24, 2.45) is 17.2 Å². The summed E-state index contributed by atoms with van der Waals surface area (Å²) in [5, 5.41) is 58.4. The molecule has 0 bridgehead atoms. The molecule has 2 aromatic carbocycles. The first kappa shape index (κ1) is 103. The van der Waals surface area contributed by atoms with Gasteiger partial charge in [0.1, 0.15) is 56.6 Å². The molecule has 0 saturated heterocycles. The highest BCUT2D eigenvalue weighted by molar-refractivity contribution is 5.93. The number of ether oxygens (including phenoxy) is 11. The summed E-state index contributed by atoms with van der Waals surface area (Å²) in [5.41, 5.74) is 17.7. The third-order valence-corrected chi connectivity index (χ3v) is 15.6. The molecule has 0 aromatic heterocycles. The maximum absolute atomic E-state index is 13.0. The zero-order valence-corrected chi connectivity index (χ0v) is 65.0. The number of aliphatic hydroxyl groups is 2. The van der Waals surface area contributed by atoms with Gasteiger partial charge in [0.25, 0.3) is 0 Å². The zero-order chi connectivity index (χ0) is 82.8. The van der Waals surface area contributed by atoms with E-state index in [-0.39, 0.29) is 157 Å². The lowest BCUT2D eigenvalue weighted by Crippen LogP contribution is -2.52. The van der Waals surface area contributed by atoms with Crippen LogP contribution in [-0.4, -0.2) is 332 Å². The van der Waals surface area contributed by atoms with Crippen LogP contribution in [0.4, 0.5) is 0 Å². The van der Waals surface area contributed by atoms with Crippen LogP contribution in [0.25, 0.3) is 0 Å². The molecule has 0 aliphatic carbocycles. The van der Waals surface area contributed by atoms with Gasteiger partial charge in [-0.05, 0) is 108 Å². The number of hydrogen-bond acceptors (Lipinski definition) is 32. The normalized spacial score (nSPS) is 12.9. The molecule has 6 amide bonds. The number of benzene rings is 2. The molecule has 0 aliphatic rings. The predicted molar refractivity (Wildman–Crippen MR) is 403 cm³/mol. The summed E-state index contributed by atoms with van der Waals surface area (Å²) >= 11 is 0. The van der Waals surface area contributed by atoms with Crippen LogP contribution < -0.4 is 59.7 Å². The third kappa shape index (κ3) is 57.8. The van der Waals surface area contributed by atoms with E-state index in [1.54, 1.807) is 52.5 Å². The molecule has 0 heterocycles. The third-order valence-electron chi connectivity index (χ3n) is 15.6. The van der Waals surface area contributed by atoms with Crippen molar-refractivity contribution in [1.29, 1.82) is 0 Å². The Balaban J connectivity index is 0.00000191. The highest BCUT2D eigenvalue weighted by atomic mass is 16.6. The van der Waals surface area contributed by atoms with Gasteiger partial charge in [-0.1, -0.05) is 24.3 Å². The first-order chi connectivity index (χ1) is 53.2. The highest BCUT2D eigenvalue weighted by Gasteiger charge is 2.26. The van der Waals surface area contributed by atoms with E-state index in [0.717, 1.165) is 11.1 Å². The summed E-state index contributed by atoms with van der Waals surface area (Å²) in [5.74, 6) is -3.94. The molecule has 0 radical (unpaired) electrons. The number of phenolic OH excluding ortho intramolecular Hbond substituents is 2. The summed E-state index contributed by atoms with van der Waals surface area (Å²) in [6.07, 6.45) is 3.47. The average Bonchev–Trinajstić information content (AvgIpc) is 0.913. The second kappa shape index (κ2) is 67.8. The lowest BCUT2D eigenvalue weighted by atomic mass is 10.0. The molecule has 0 spiro atoms. The number of carbonyl (C=O) groups is 12. The number of hydrogen-bond donors (Lipinski definition) is 15. The number of likely N-dealkylation sites (N-methyl/N-ethyl adjacent to an activating group) is 1. The van der Waals surface area contributed by atoms with Gasteiger partial charge in [0.05, 0.1) is 149 Å². The largest absolute Gasteiger partial charge is 0.508 e. The van der Waals surface area contributed by atoms with Crippen LogP contribution in [0.5, 0.6) is 11.5 Å². The van der Waals surface area contributed by atoms with Crippen LogP contribution in [0.3, 0.4) is 0 Å². The molecule has 1 unspecified atom stereocenters. The topological polar surface area (TPSA) is 562 Å². The second-order valence-corrected chi connectivity index (χ2v) is 24.9. The van der Waals surface area contributed by atoms with Gasteiger partial charge in [-0.15, -0.1) is 0 Å². The summed E-state index contributed by atoms with van der Waals surface area (Å²) in [6, 6.07) is 7.03. The van der Waals surface area contributed by atoms with Crippen LogP contribution in [-0.2, 0) is 122 Å². The predicted octanol–water partition coefficient (Wildman–Crippen LogP) is -4.55. The van der Waals surface area contributed by atoms with Crippen molar-refractivity contribution in [3.05, 3.63) is 59.7 Å². The maximum atomic E-state index is 13.0. The number of nitrogens with two attached hydrogens (primary N) is 3. The molecule has 632 valence electrons. The number of primary amides is 2. The van der Waals surface area contributed by atoms with Crippen molar-refractivity contribution in [1.82, 2.24) is 42.5 Å². The van der Waals surface area contributed by atoms with Crippen molar-refractivity contribution in [3.63, 3.8) is 0 Å². The van der Waals surface area contributed by atoms with E-state index in [9.17, 15) is 72.9 Å². The molecule has 7 atom stereocenters. The van der Waals surface area contributed by atoms with Crippen molar-refractivity contribution in [3.8, 4) is 11.5 Å². The maximum Gasteiger partial charge on any atom is 0.246 e. The summed E-state index contributed by atoms with van der Waals surface area (Å²) in [7, 11) is 4.81. The molecule has 2 aromatic rings. The number of ketones is 6. The van der Waals surface area contributed by atoms with Gasteiger partial charge in [0.15, 0.2) is 34.7 Å². The van der Waals surface area contributed by atoms with Crippen molar-refractivity contribution >= 4 is 70.1 Å². The fraction of sp³-hybridized carbons (Fsp3) is 0.671. The number of amides is 6. The van der Waals surface area contributed by atoms with Gasteiger partial charge in [-0.25, -0.2) is 0 Å². The summed E-state index contributed by atoms with van der Waals surface area (Å²) < 4.78 is 57.4. The van der Waals surface area contributed by atoms with Crippen molar-refractivity contribution < 1.29 is 130 Å². The van der Waals surface area contributed by atoms with Gasteiger partial charge >= 0.3 is 0 Å². The Labute approximate surface area is 649 Å². The molecular formula is C73H123N11O27. The fourth-order valence-electron chi connectivity index (χ4n) is 8.91. The SMILES string of the molecule is CNC(C)C(=O)CN[C@@H](CO)C(N)=O.COCCOCC(=O)NCCOCCOCC(=O)CCCOCCOCC(=O)N[C@@H](Cc1ccc(O)cc1)C(C)=O.COCCOCCOCC(=O)CCCOCCOCC(=O)NCCCC[C@H](NCC(=O)[C@@H](C)NC(=O)[C@@H](N)Cc1ccc(O)cc1)C(=O)CN[C@@H](CO)C(N)=O. The molecule has 0 saturated carbocycles. The Kier molecular flexibility index (Phi) is 63.0. The monoisotopic (exact) mass is 1590 g/mol. The quantitative estimate of drug-likeness (QED) is 0.0277. The van der Waals surface area contributed by atoms with Gasteiger partial charge in [-0.3, -0.25) is 68.2 Å². The van der Waals surface area contributed by atoms with Crippen LogP contribution in [0.1, 0.15) is 76.8 Å². The van der Waals surface area contributed by atoms with Gasteiger partial charge in [-0.2, -0.15) is 0 Å². The average molecular weight is 1590 g/mol. The van der Waals surface area contributed by atoms with E-state index < -0.39 is 78.9 Å². The number of aromatic hydroxyl groups is 2. The lowest BCUT2D eigenvalue weighted by Gasteiger charge is -2.21. The van der Waals surface area contributed by atoms with Gasteiger partial charge in [0, 0.05) is 53.4 Å². The Morgan fingerprint density at radius 2 is 0.811 bits per heavy atom. The van der Waals surface area contributed by atoms with Crippen LogP contribution in [0.15, 0.2) is 48.5 Å². The molecule has 2 rings (SSSR count). The van der Waals surface area contributed by atoms with E-state index >= 15 is 0 Å². The molecule has 38 heteroatoms. The van der Waals surface area contributed by atoms with E-state index in [0.29, 0.717) is 124 Å². The Morgan fingerprint density at radius 3 is 1.26 bits per heavy atom. The van der Waals surface area contributed by atoms with Crippen molar-refractivity contribution in [2.75, 3.05) is 199 Å². The van der Waals surface area contributed by atoms with E-state index in [4.69, 9.17) is 74.4 Å². The summed E-state index contributed by atoms with van der Waals surface area (Å²) in [6.45, 7) is 8.34. The first-order valence-corrected chi connectivity index (χ1v) is 36.6. The molecule has 111 heavy (non-hydrogen) atoms. The number of unbranched alkanes of at least 4 members (excludes halogenated alkanes) is 1. The minimum Gasteiger partial charge on any atom is -0.508 e. The minimum atomic E-state index is -1.13. The number of aliphatic hydroxyl groups excluding tert-OH is 2. The Hall–Kier alpha value is -7.84. The van der Waals surface area contributed by atoms with E-state index in [2.05, 4.69) is 42.5 Å². The molecule has 38 nitrogen and oxygen atoms in total. The molecular weight excluding hydrogens is 1460 g/mol. The zero-order valence-electron chi connectivity index (χ0n) is 65.0. The standard InChI is InChI=1S/C37H62N6O13.C28H44N2O11.C8H17N3O3/c1-26(43-37(51)30(38)20-27-8-10-28(45)11-9-27)33(47)21-41-31(34(48)22-42-32(23-44)36(39)50)7-3-4-12-40-35(49)25-56-19-16-53-13-5-6-29(46)24-55-18-17-54-15-14-52-2;1-22(31)26(18-23-5-7-24(32)8-6-23)30-28(35)21-41-17-14-37-10-3-4-25(33)19-39-16-15-38-11-9-29-27(34)20-40-13-12-36-2;1-5(10-2)7(13)3-11-6(4-12)8(9)14/h8-11,26,30-32,41-42,44-45H,3-7,12-25,38H2,1-2H3,(H2,39,50)(H,40,49)(H,43,51);5-8,26,32H,3-4,9-21H2,1-2H3,(H,29,34)(H,30,35);5-6,10-12H,3-4H2,1-2H3,(H2,9,14)/t26-,30+,31+,32+;26-;5?,6-/m100/s1. The molecule has 18 N–H and O–H groups in total. The van der Waals surface area contributed by atoms with E-state index in [1.165, 1.54) is 38.1 Å². The molecule has 0 fully saturated rings. The van der Waals surface area contributed by atoms with Crippen LogP contribution >= 0.6 is 0 Å². The second-order valence-electron chi connectivity index (χ2n) is 24.9. The number of carbonyl (C=O) groups excluding carboxylic acids is 12. The first-order valence-electron chi connectivity index (χ1n) is 36.6.